The number of alkyl halides is 6. The highest BCUT2D eigenvalue weighted by atomic mass is 32.2. The summed E-state index contributed by atoms with van der Waals surface area (Å²) in [5.41, 5.74) is -2.17. The quantitative estimate of drug-likeness (QED) is 0.417. The molecule has 1 atom stereocenters. The van der Waals surface area contributed by atoms with Gasteiger partial charge in [-0.05, 0) is 48.5 Å². The topological polar surface area (TPSA) is 114 Å². The maximum Gasteiger partial charge on any atom is 0.573 e. The minimum absolute atomic E-state index is 0.0271. The number of nitrogens with zero attached hydrogens (tertiary/aromatic N) is 2. The molecule has 3 rings (SSSR count). The summed E-state index contributed by atoms with van der Waals surface area (Å²) in [6, 6.07) is 9.51. The minimum atomic E-state index is -4.95. The van der Waals surface area contributed by atoms with Crippen LogP contribution in [0.25, 0.3) is 0 Å². The van der Waals surface area contributed by atoms with Gasteiger partial charge in [0.15, 0.2) is 5.69 Å². The van der Waals surface area contributed by atoms with Gasteiger partial charge in [0.1, 0.15) is 17.1 Å². The van der Waals surface area contributed by atoms with Gasteiger partial charge in [-0.2, -0.15) is 13.2 Å². The fourth-order valence-corrected chi connectivity index (χ4v) is 3.28. The van der Waals surface area contributed by atoms with E-state index in [4.69, 9.17) is 9.52 Å². The lowest BCUT2D eigenvalue weighted by Crippen LogP contribution is -2.18. The normalized spacial score (nSPS) is 13.6. The lowest BCUT2D eigenvalue weighted by atomic mass is 10.2. The smallest absolute Gasteiger partial charge is 0.437 e. The Morgan fingerprint density at radius 2 is 1.60 bits per heavy atom. The fraction of sp³-hybridized carbons (Fsp3) is 0.150. The molecule has 1 heterocycles. The Kier molecular flexibility index (Phi) is 6.91. The molecule has 2 aromatic carbocycles. The van der Waals surface area contributed by atoms with E-state index in [1.54, 1.807) is 0 Å². The van der Waals surface area contributed by atoms with Crippen LogP contribution in [-0.4, -0.2) is 32.9 Å². The molecule has 1 unspecified atom stereocenters. The summed E-state index contributed by atoms with van der Waals surface area (Å²) in [7, 11) is -3.14. The molecule has 0 spiro atoms. The first-order valence-corrected chi connectivity index (χ1v) is 11.2. The summed E-state index contributed by atoms with van der Waals surface area (Å²) >= 11 is 0. The molecule has 1 aromatic heterocycles. The molecule has 0 saturated carbocycles. The van der Waals surface area contributed by atoms with Gasteiger partial charge in [0.2, 0.25) is 0 Å². The summed E-state index contributed by atoms with van der Waals surface area (Å²) in [4.78, 5) is 12.9. The fourth-order valence-electron chi connectivity index (χ4n) is 2.59. The van der Waals surface area contributed by atoms with Crippen molar-refractivity contribution in [3.05, 3.63) is 65.9 Å². The van der Waals surface area contributed by atoms with Crippen LogP contribution in [0.5, 0.6) is 17.4 Å². The van der Waals surface area contributed by atoms with Crippen molar-refractivity contribution in [1.82, 2.24) is 10.2 Å². The maximum atomic E-state index is 13.1. The first-order chi connectivity index (χ1) is 16.1. The number of rotatable bonds is 6. The third kappa shape index (κ3) is 7.05. The number of ether oxygens (including phenoxy) is 2. The second kappa shape index (κ2) is 9.40. The van der Waals surface area contributed by atoms with Gasteiger partial charge in [-0.1, -0.05) is 6.07 Å². The van der Waals surface area contributed by atoms with Crippen LogP contribution >= 0.6 is 0 Å². The first kappa shape index (κ1) is 25.7. The summed E-state index contributed by atoms with van der Waals surface area (Å²) in [6.07, 6.45) is -8.74. The predicted molar refractivity (Wildman–Crippen MR) is 110 cm³/mol. The highest BCUT2D eigenvalue weighted by molar-refractivity contribution is 7.91. The summed E-state index contributed by atoms with van der Waals surface area (Å²) in [6.45, 7) is 0. The van der Waals surface area contributed by atoms with E-state index in [9.17, 15) is 35.3 Å². The van der Waals surface area contributed by atoms with Crippen molar-refractivity contribution < 1.29 is 44.8 Å². The second-order valence-corrected chi connectivity index (χ2v) is 9.05. The van der Waals surface area contributed by atoms with Crippen molar-refractivity contribution in [2.24, 2.45) is 0 Å². The van der Waals surface area contributed by atoms with Gasteiger partial charge in [0.25, 0.3) is 11.8 Å². The lowest BCUT2D eigenvalue weighted by molar-refractivity contribution is -0.274. The molecule has 0 bridgehead atoms. The number of hydrogen-bond donors (Lipinski definition) is 2. The Morgan fingerprint density at radius 3 is 2.17 bits per heavy atom. The third-order valence-corrected chi connectivity index (χ3v) is 5.26. The van der Waals surface area contributed by atoms with E-state index in [0.29, 0.717) is 6.07 Å². The molecule has 2 N–H and O–H groups in total. The zero-order chi connectivity index (χ0) is 26.0. The molecule has 0 fully saturated rings. The largest absolute Gasteiger partial charge is 0.573 e. The van der Waals surface area contributed by atoms with Crippen LogP contribution in [0, 0.1) is 4.78 Å². The van der Waals surface area contributed by atoms with Gasteiger partial charge in [0.05, 0.1) is 9.73 Å². The number of anilines is 1. The summed E-state index contributed by atoms with van der Waals surface area (Å²) in [5.74, 6) is -2.54. The van der Waals surface area contributed by atoms with Crippen LogP contribution in [-0.2, 0) is 15.9 Å². The SMILES string of the molecule is CS(=N)(=O)c1cccc(NC(=O)c2cc(C(F)(F)F)nnc2Oc2ccc(OC(F)(F)F)cc2)c1. The Bertz CT molecular complexity index is 1340. The predicted octanol–water partition coefficient (Wildman–Crippen LogP) is 5.47. The van der Waals surface area contributed by atoms with Crippen molar-refractivity contribution in [3.8, 4) is 17.4 Å². The Balaban J connectivity index is 1.93. The lowest BCUT2D eigenvalue weighted by Gasteiger charge is -2.13. The molecule has 8 nitrogen and oxygen atoms in total. The molecule has 186 valence electrons. The van der Waals surface area contributed by atoms with Crippen LogP contribution < -0.4 is 14.8 Å². The van der Waals surface area contributed by atoms with E-state index >= 15 is 0 Å². The molecule has 35 heavy (non-hydrogen) atoms. The molecular formula is C20H14F6N4O4S. The van der Waals surface area contributed by atoms with Gasteiger partial charge in [0, 0.05) is 16.8 Å². The Labute approximate surface area is 193 Å². The van der Waals surface area contributed by atoms with E-state index in [2.05, 4.69) is 20.3 Å². The summed E-state index contributed by atoms with van der Waals surface area (Å²) < 4.78 is 105. The average molecular weight is 520 g/mol. The summed E-state index contributed by atoms with van der Waals surface area (Å²) in [5, 5.41) is 8.60. The van der Waals surface area contributed by atoms with Crippen LogP contribution in [0.15, 0.2) is 59.5 Å². The van der Waals surface area contributed by atoms with Gasteiger partial charge in [-0.15, -0.1) is 23.4 Å². The zero-order valence-corrected chi connectivity index (χ0v) is 18.2. The van der Waals surface area contributed by atoms with E-state index < -0.39 is 51.1 Å². The van der Waals surface area contributed by atoms with Gasteiger partial charge >= 0.3 is 12.5 Å². The highest BCUT2D eigenvalue weighted by Crippen LogP contribution is 2.32. The number of amides is 1. The van der Waals surface area contributed by atoms with Gasteiger partial charge in [-0.25, -0.2) is 8.99 Å². The van der Waals surface area contributed by atoms with E-state index in [1.165, 1.54) is 24.3 Å². The van der Waals surface area contributed by atoms with Crippen molar-refractivity contribution in [2.75, 3.05) is 11.6 Å². The molecular weight excluding hydrogens is 506 g/mol. The molecule has 1 amide bonds. The first-order valence-electron chi connectivity index (χ1n) is 9.25. The van der Waals surface area contributed by atoms with Crippen LogP contribution in [0.1, 0.15) is 16.1 Å². The number of carbonyl (C=O) groups excluding carboxylic acids is 1. The second-order valence-electron chi connectivity index (χ2n) is 6.89. The molecule has 3 aromatic rings. The van der Waals surface area contributed by atoms with E-state index in [-0.39, 0.29) is 16.3 Å². The molecule has 0 aliphatic carbocycles. The average Bonchev–Trinajstić information content (AvgIpc) is 2.73. The van der Waals surface area contributed by atoms with Gasteiger partial charge in [-0.3, -0.25) is 4.79 Å². The molecule has 0 aliphatic rings. The molecule has 15 heteroatoms. The van der Waals surface area contributed by atoms with E-state index in [1.807, 2.05) is 0 Å². The van der Waals surface area contributed by atoms with Crippen LogP contribution in [0.3, 0.4) is 0 Å². The Hall–Kier alpha value is -3.88. The zero-order valence-electron chi connectivity index (χ0n) is 17.4. The monoisotopic (exact) mass is 520 g/mol. The molecule has 0 aliphatic heterocycles. The highest BCUT2D eigenvalue weighted by Gasteiger charge is 2.35. The number of halogens is 6. The third-order valence-electron chi connectivity index (χ3n) is 4.11. The molecule has 0 radical (unpaired) electrons. The van der Waals surface area contributed by atoms with Crippen molar-refractivity contribution in [2.45, 2.75) is 17.4 Å². The number of carbonyl (C=O) groups is 1. The Morgan fingerprint density at radius 1 is 0.971 bits per heavy atom. The van der Waals surface area contributed by atoms with Crippen LogP contribution in [0.4, 0.5) is 32.0 Å². The van der Waals surface area contributed by atoms with Crippen molar-refractivity contribution >= 4 is 21.3 Å². The molecule has 0 saturated heterocycles. The standard InChI is InChI=1S/C20H14F6N4O4S/c1-35(27,32)14-4-2-3-11(9-14)28-17(31)15-10-16(19(21,22)23)29-30-18(15)33-12-5-7-13(8-6-12)34-20(24,25)26/h2-10,27H,1H3,(H,28,31). The van der Waals surface area contributed by atoms with Crippen molar-refractivity contribution in [3.63, 3.8) is 0 Å². The number of hydrogen-bond acceptors (Lipinski definition) is 7. The van der Waals surface area contributed by atoms with Crippen LogP contribution in [0.2, 0.25) is 0 Å². The number of benzene rings is 2. The maximum absolute atomic E-state index is 13.1. The number of nitrogens with one attached hydrogen (secondary N) is 2. The number of aromatic nitrogens is 2. The van der Waals surface area contributed by atoms with E-state index in [0.717, 1.165) is 30.5 Å². The van der Waals surface area contributed by atoms with Crippen molar-refractivity contribution in [1.29, 1.82) is 4.78 Å². The van der Waals surface area contributed by atoms with Gasteiger partial charge < -0.3 is 14.8 Å². The minimum Gasteiger partial charge on any atom is -0.437 e.